The highest BCUT2D eigenvalue weighted by Crippen LogP contribution is 2.43. The lowest BCUT2D eigenvalue weighted by Gasteiger charge is -2.26. The van der Waals surface area contributed by atoms with Crippen LogP contribution in [0.1, 0.15) is 290 Å². The molecule has 9 heteroatoms. The standard InChI is InChI=1S/C58H115N2O6P/c1-6-8-10-12-14-16-18-20-22-24-26-28-29-30-32-33-35-37-39-41-43-45-47-49-51-57(61)56(55-66-67(63,64)65-54-53-60(3,4)5)59-58(62)52-50-48-46-44-42-40-38-36-34-31-27-25-23-21-19-17-15-13-11-9-7-2/h19,21,25,27,56-57,61H,6-18,20,22-24,26,28-55H2,1-5H3,(H-,59,62,63,64)/p+1/b21-19-,27-25-. The van der Waals surface area contributed by atoms with Crippen LogP contribution in [-0.2, 0) is 18.4 Å². The van der Waals surface area contributed by atoms with Crippen LogP contribution < -0.4 is 5.32 Å². The molecule has 0 aliphatic rings. The first-order valence-corrected chi connectivity index (χ1v) is 30.7. The SMILES string of the molecule is CCCCCCC/C=C\C/C=C\CCCCCCCCCCCC(=O)NC(COP(=O)(O)OCC[N+](C)(C)C)C(O)CCCCCCCCCCCCCCCCCCCCCCCCCC. The van der Waals surface area contributed by atoms with Gasteiger partial charge in [-0.15, -0.1) is 0 Å². The lowest BCUT2D eigenvalue weighted by Crippen LogP contribution is -2.46. The van der Waals surface area contributed by atoms with Crippen molar-refractivity contribution in [3.8, 4) is 0 Å². The molecule has 3 N–H and O–H groups in total. The molecule has 0 aromatic carbocycles. The Morgan fingerprint density at radius 1 is 0.507 bits per heavy atom. The number of phosphoric ester groups is 1. The van der Waals surface area contributed by atoms with Gasteiger partial charge in [0.15, 0.2) is 0 Å². The Kier molecular flexibility index (Phi) is 49.2. The Balaban J connectivity index is 4.16. The zero-order chi connectivity index (χ0) is 49.2. The van der Waals surface area contributed by atoms with Crippen LogP contribution >= 0.6 is 7.82 Å². The lowest BCUT2D eigenvalue weighted by molar-refractivity contribution is -0.870. The summed E-state index contributed by atoms with van der Waals surface area (Å²) in [5.74, 6) is -0.145. The predicted molar refractivity (Wildman–Crippen MR) is 291 cm³/mol. The van der Waals surface area contributed by atoms with E-state index in [2.05, 4.69) is 43.5 Å². The third-order valence-electron chi connectivity index (χ3n) is 13.5. The number of aliphatic hydroxyl groups is 1. The number of hydrogen-bond donors (Lipinski definition) is 3. The summed E-state index contributed by atoms with van der Waals surface area (Å²) in [6.07, 6.45) is 62.3. The zero-order valence-corrected chi connectivity index (χ0v) is 46.3. The van der Waals surface area contributed by atoms with Gasteiger partial charge >= 0.3 is 7.82 Å². The molecule has 3 atom stereocenters. The van der Waals surface area contributed by atoms with Crippen molar-refractivity contribution in [2.75, 3.05) is 40.9 Å². The summed E-state index contributed by atoms with van der Waals surface area (Å²) >= 11 is 0. The van der Waals surface area contributed by atoms with E-state index in [0.717, 1.165) is 44.9 Å². The van der Waals surface area contributed by atoms with E-state index in [0.29, 0.717) is 23.9 Å². The molecule has 67 heavy (non-hydrogen) atoms. The second kappa shape index (κ2) is 49.9. The van der Waals surface area contributed by atoms with Gasteiger partial charge in [-0.2, -0.15) is 0 Å². The van der Waals surface area contributed by atoms with Gasteiger partial charge in [0.05, 0.1) is 39.9 Å². The highest BCUT2D eigenvalue weighted by atomic mass is 31.2. The van der Waals surface area contributed by atoms with Crippen molar-refractivity contribution < 1.29 is 32.9 Å². The van der Waals surface area contributed by atoms with Gasteiger partial charge in [-0.3, -0.25) is 13.8 Å². The first-order chi connectivity index (χ1) is 32.5. The molecule has 0 bridgehead atoms. The summed E-state index contributed by atoms with van der Waals surface area (Å²) in [7, 11) is 1.62. The topological polar surface area (TPSA) is 105 Å². The smallest absolute Gasteiger partial charge is 0.391 e. The molecular weight excluding hydrogens is 852 g/mol. The number of nitrogens with one attached hydrogen (secondary N) is 1. The first-order valence-electron chi connectivity index (χ1n) is 29.2. The average molecular weight is 969 g/mol. The third kappa shape index (κ3) is 52.6. The Labute approximate surface area is 417 Å². The molecule has 398 valence electrons. The minimum atomic E-state index is -4.32. The van der Waals surface area contributed by atoms with Gasteiger partial charge in [0.1, 0.15) is 13.2 Å². The van der Waals surface area contributed by atoms with E-state index in [9.17, 15) is 19.4 Å². The van der Waals surface area contributed by atoms with Gasteiger partial charge < -0.3 is 19.8 Å². The van der Waals surface area contributed by atoms with Crippen LogP contribution in [0.15, 0.2) is 24.3 Å². The number of quaternary nitrogens is 1. The molecule has 0 aliphatic carbocycles. The number of phosphoric acid groups is 1. The molecule has 1 amide bonds. The highest BCUT2D eigenvalue weighted by molar-refractivity contribution is 7.47. The van der Waals surface area contributed by atoms with Crippen molar-refractivity contribution in [3.05, 3.63) is 24.3 Å². The second-order valence-corrected chi connectivity index (χ2v) is 22.8. The maximum atomic E-state index is 13.0. The number of aliphatic hydroxyl groups excluding tert-OH is 1. The Bertz CT molecular complexity index is 1140. The number of allylic oxidation sites excluding steroid dienone is 4. The lowest BCUT2D eigenvalue weighted by atomic mass is 10.0. The molecule has 0 fully saturated rings. The molecule has 0 radical (unpaired) electrons. The Morgan fingerprint density at radius 2 is 0.851 bits per heavy atom. The van der Waals surface area contributed by atoms with Crippen molar-refractivity contribution >= 4 is 13.7 Å². The monoisotopic (exact) mass is 968 g/mol. The molecule has 0 aromatic rings. The number of carbonyl (C=O) groups is 1. The summed E-state index contributed by atoms with van der Waals surface area (Å²) in [6, 6.07) is -0.762. The molecule has 8 nitrogen and oxygen atoms in total. The maximum Gasteiger partial charge on any atom is 0.472 e. The summed E-state index contributed by atoms with van der Waals surface area (Å²) in [6.45, 7) is 4.91. The molecular formula is C58H116N2O6P+. The summed E-state index contributed by atoms with van der Waals surface area (Å²) in [5.41, 5.74) is 0. The molecule has 0 heterocycles. The van der Waals surface area contributed by atoms with Gasteiger partial charge in [0.2, 0.25) is 5.91 Å². The van der Waals surface area contributed by atoms with Gasteiger partial charge in [0, 0.05) is 6.42 Å². The number of hydrogen-bond acceptors (Lipinski definition) is 5. The quantitative estimate of drug-likeness (QED) is 0.0243. The largest absolute Gasteiger partial charge is 0.472 e. The summed E-state index contributed by atoms with van der Waals surface area (Å²) in [5, 5.41) is 14.1. The van der Waals surface area contributed by atoms with E-state index in [4.69, 9.17) is 9.05 Å². The van der Waals surface area contributed by atoms with E-state index in [1.54, 1.807) is 0 Å². The number of carbonyl (C=O) groups excluding carboxylic acids is 1. The van der Waals surface area contributed by atoms with Crippen molar-refractivity contribution in [2.24, 2.45) is 0 Å². The van der Waals surface area contributed by atoms with E-state index in [1.165, 1.54) is 218 Å². The normalized spacial score (nSPS) is 14.1. The fraction of sp³-hybridized carbons (Fsp3) is 0.914. The number of nitrogens with zero attached hydrogens (tertiary/aromatic N) is 1. The van der Waals surface area contributed by atoms with Crippen molar-refractivity contribution in [2.45, 2.75) is 302 Å². The van der Waals surface area contributed by atoms with Crippen LogP contribution in [0.5, 0.6) is 0 Å². The van der Waals surface area contributed by atoms with Crippen LogP contribution in [0.25, 0.3) is 0 Å². The van der Waals surface area contributed by atoms with Gasteiger partial charge in [-0.1, -0.05) is 263 Å². The van der Waals surface area contributed by atoms with E-state index >= 15 is 0 Å². The minimum Gasteiger partial charge on any atom is -0.391 e. The fourth-order valence-corrected chi connectivity index (χ4v) is 9.58. The fourth-order valence-electron chi connectivity index (χ4n) is 8.84. The number of amides is 1. The van der Waals surface area contributed by atoms with E-state index < -0.39 is 20.0 Å². The molecule has 0 spiro atoms. The summed E-state index contributed by atoms with van der Waals surface area (Å²) in [4.78, 5) is 23.3. The summed E-state index contributed by atoms with van der Waals surface area (Å²) < 4.78 is 23.8. The van der Waals surface area contributed by atoms with Crippen LogP contribution in [-0.4, -0.2) is 73.4 Å². The molecule has 0 aliphatic heterocycles. The van der Waals surface area contributed by atoms with Crippen LogP contribution in [0.4, 0.5) is 0 Å². The molecule has 0 saturated carbocycles. The number of likely N-dealkylation sites (N-methyl/N-ethyl adjacent to an activating group) is 1. The average Bonchev–Trinajstić information content (AvgIpc) is 3.29. The van der Waals surface area contributed by atoms with E-state index in [-0.39, 0.29) is 19.1 Å². The molecule has 0 rings (SSSR count). The van der Waals surface area contributed by atoms with Gasteiger partial charge in [-0.25, -0.2) is 4.57 Å². The van der Waals surface area contributed by atoms with E-state index in [1.807, 2.05) is 21.1 Å². The zero-order valence-electron chi connectivity index (χ0n) is 45.4. The Morgan fingerprint density at radius 3 is 1.22 bits per heavy atom. The van der Waals surface area contributed by atoms with Crippen LogP contribution in [0.2, 0.25) is 0 Å². The number of rotatable bonds is 54. The second-order valence-electron chi connectivity index (χ2n) is 21.4. The third-order valence-corrected chi connectivity index (χ3v) is 14.4. The number of unbranched alkanes of at least 4 members (excludes halogenated alkanes) is 37. The first kappa shape index (κ1) is 66.0. The minimum absolute atomic E-state index is 0.0750. The molecule has 3 unspecified atom stereocenters. The van der Waals surface area contributed by atoms with Crippen molar-refractivity contribution in [1.29, 1.82) is 0 Å². The van der Waals surface area contributed by atoms with Gasteiger partial charge in [-0.05, 0) is 44.9 Å². The molecule has 0 aromatic heterocycles. The van der Waals surface area contributed by atoms with Crippen molar-refractivity contribution in [3.63, 3.8) is 0 Å². The Hall–Kier alpha value is -1.02. The van der Waals surface area contributed by atoms with Crippen LogP contribution in [0.3, 0.4) is 0 Å². The predicted octanol–water partition coefficient (Wildman–Crippen LogP) is 17.6. The maximum absolute atomic E-state index is 13.0. The van der Waals surface area contributed by atoms with Crippen LogP contribution in [0, 0.1) is 0 Å². The van der Waals surface area contributed by atoms with Crippen molar-refractivity contribution in [1.82, 2.24) is 5.32 Å². The molecule has 0 saturated heterocycles. The van der Waals surface area contributed by atoms with Gasteiger partial charge in [0.25, 0.3) is 0 Å². The highest BCUT2D eigenvalue weighted by Gasteiger charge is 2.28.